The highest BCUT2D eigenvalue weighted by atomic mass is 32.1. The van der Waals surface area contributed by atoms with Gasteiger partial charge in [-0.25, -0.2) is 4.79 Å². The maximum atomic E-state index is 12.5. The number of benzene rings is 2. The molecule has 7 heteroatoms. The average Bonchev–Trinajstić information content (AvgIpc) is 3.04. The van der Waals surface area contributed by atoms with Gasteiger partial charge in [0, 0.05) is 18.7 Å². The summed E-state index contributed by atoms with van der Waals surface area (Å²) < 4.78 is 13.0. The van der Waals surface area contributed by atoms with E-state index in [4.69, 9.17) is 9.47 Å². The third-order valence-electron chi connectivity index (χ3n) is 3.99. The van der Waals surface area contributed by atoms with Gasteiger partial charge in [0.1, 0.15) is 0 Å². The van der Waals surface area contributed by atoms with Crippen LogP contribution in [0.4, 0.5) is 0 Å². The van der Waals surface area contributed by atoms with Crippen molar-refractivity contribution in [3.8, 4) is 0 Å². The van der Waals surface area contributed by atoms with Gasteiger partial charge in [0.2, 0.25) is 0 Å². The second kappa shape index (κ2) is 8.75. The van der Waals surface area contributed by atoms with E-state index in [0.29, 0.717) is 35.7 Å². The Morgan fingerprint density at radius 1 is 1.11 bits per heavy atom. The smallest absolute Gasteiger partial charge is 0.337 e. The van der Waals surface area contributed by atoms with Crippen LogP contribution in [0.1, 0.15) is 27.6 Å². The highest BCUT2D eigenvalue weighted by Gasteiger charge is 2.12. The van der Waals surface area contributed by atoms with Crippen LogP contribution >= 0.6 is 11.3 Å². The number of rotatable bonds is 6. The van der Waals surface area contributed by atoms with E-state index in [-0.39, 0.29) is 5.91 Å². The van der Waals surface area contributed by atoms with Crippen molar-refractivity contribution in [3.63, 3.8) is 0 Å². The van der Waals surface area contributed by atoms with E-state index < -0.39 is 5.97 Å². The van der Waals surface area contributed by atoms with Crippen LogP contribution in [-0.4, -0.2) is 36.8 Å². The predicted molar refractivity (Wildman–Crippen MR) is 104 cm³/mol. The molecule has 0 N–H and O–H groups in total. The van der Waals surface area contributed by atoms with Crippen molar-refractivity contribution in [1.29, 1.82) is 0 Å². The summed E-state index contributed by atoms with van der Waals surface area (Å²) in [6, 6.07) is 14.2. The molecule has 140 valence electrons. The number of methoxy groups -OCH3 is 1. The second-order valence-corrected chi connectivity index (χ2v) is 6.70. The van der Waals surface area contributed by atoms with E-state index in [1.54, 1.807) is 36.4 Å². The summed E-state index contributed by atoms with van der Waals surface area (Å²) in [5.74, 6) is -0.703. The molecule has 0 bridgehead atoms. The van der Waals surface area contributed by atoms with E-state index >= 15 is 0 Å². The highest BCUT2D eigenvalue weighted by Crippen LogP contribution is 2.20. The Hall–Kier alpha value is -2.77. The number of nitrogens with zero attached hydrogens (tertiary/aromatic N) is 2. The summed E-state index contributed by atoms with van der Waals surface area (Å²) in [7, 11) is 1.35. The second-order valence-electron chi connectivity index (χ2n) is 5.69. The fourth-order valence-electron chi connectivity index (χ4n) is 2.65. The van der Waals surface area contributed by atoms with Gasteiger partial charge in [0.15, 0.2) is 4.80 Å². The lowest BCUT2D eigenvalue weighted by molar-refractivity contribution is 0.0600. The number of carbonyl (C=O) groups is 2. The lowest BCUT2D eigenvalue weighted by Crippen LogP contribution is -2.19. The maximum Gasteiger partial charge on any atom is 0.337 e. The first-order chi connectivity index (χ1) is 13.1. The summed E-state index contributed by atoms with van der Waals surface area (Å²) in [5, 5.41) is 0. The minimum atomic E-state index is -0.398. The SMILES string of the molecule is CCOCCn1c(=NC(=O)c2ccccc2)sc2cc(C(=O)OC)ccc21. The van der Waals surface area contributed by atoms with Crippen molar-refractivity contribution >= 4 is 33.4 Å². The van der Waals surface area contributed by atoms with E-state index in [1.165, 1.54) is 18.4 Å². The maximum absolute atomic E-state index is 12.5. The molecular weight excluding hydrogens is 364 g/mol. The van der Waals surface area contributed by atoms with Gasteiger partial charge in [-0.15, -0.1) is 0 Å². The van der Waals surface area contributed by atoms with Crippen LogP contribution in [0.15, 0.2) is 53.5 Å². The quantitative estimate of drug-likeness (QED) is 0.483. The molecule has 0 saturated heterocycles. The van der Waals surface area contributed by atoms with E-state index in [2.05, 4.69) is 4.99 Å². The molecule has 2 aromatic carbocycles. The fraction of sp³-hybridized carbons (Fsp3) is 0.250. The summed E-state index contributed by atoms with van der Waals surface area (Å²) in [5.41, 5.74) is 1.89. The van der Waals surface area contributed by atoms with Gasteiger partial charge in [0.25, 0.3) is 5.91 Å². The number of ether oxygens (including phenoxy) is 2. The average molecular weight is 384 g/mol. The Balaban J connectivity index is 2.08. The van der Waals surface area contributed by atoms with Gasteiger partial charge >= 0.3 is 5.97 Å². The molecule has 0 aliphatic carbocycles. The summed E-state index contributed by atoms with van der Waals surface area (Å²) in [6.07, 6.45) is 0. The Bertz CT molecular complexity index is 1020. The minimum Gasteiger partial charge on any atom is -0.465 e. The molecule has 3 aromatic rings. The predicted octanol–water partition coefficient (Wildman–Crippen LogP) is 3.27. The van der Waals surface area contributed by atoms with Crippen molar-refractivity contribution in [2.24, 2.45) is 4.99 Å². The largest absolute Gasteiger partial charge is 0.465 e. The van der Waals surface area contributed by atoms with E-state index in [1.807, 2.05) is 23.6 Å². The zero-order chi connectivity index (χ0) is 19.2. The zero-order valence-electron chi connectivity index (χ0n) is 15.2. The lowest BCUT2D eigenvalue weighted by atomic mass is 10.2. The molecule has 1 heterocycles. The first-order valence-electron chi connectivity index (χ1n) is 8.57. The van der Waals surface area contributed by atoms with E-state index in [9.17, 15) is 9.59 Å². The normalized spacial score (nSPS) is 11.7. The molecule has 0 saturated carbocycles. The molecule has 0 radical (unpaired) electrons. The van der Waals surface area contributed by atoms with Crippen molar-refractivity contribution in [3.05, 3.63) is 64.5 Å². The molecule has 0 aliphatic rings. The summed E-state index contributed by atoms with van der Waals surface area (Å²) in [6.45, 7) is 3.62. The Kier molecular flexibility index (Phi) is 6.16. The Morgan fingerprint density at radius 3 is 2.59 bits per heavy atom. The minimum absolute atomic E-state index is 0.305. The molecule has 0 unspecified atom stereocenters. The van der Waals surface area contributed by atoms with Gasteiger partial charge in [-0.2, -0.15) is 4.99 Å². The van der Waals surface area contributed by atoms with Crippen LogP contribution in [-0.2, 0) is 16.0 Å². The number of aromatic nitrogens is 1. The van der Waals surface area contributed by atoms with Gasteiger partial charge in [0.05, 0.1) is 29.5 Å². The summed E-state index contributed by atoms with van der Waals surface area (Å²) >= 11 is 1.36. The number of carbonyl (C=O) groups excluding carboxylic acids is 2. The van der Waals surface area contributed by atoms with Crippen LogP contribution in [0.2, 0.25) is 0 Å². The molecule has 0 aliphatic heterocycles. The van der Waals surface area contributed by atoms with Crippen LogP contribution < -0.4 is 4.80 Å². The first-order valence-corrected chi connectivity index (χ1v) is 9.39. The molecule has 0 fully saturated rings. The highest BCUT2D eigenvalue weighted by molar-refractivity contribution is 7.16. The van der Waals surface area contributed by atoms with E-state index in [0.717, 1.165) is 10.2 Å². The monoisotopic (exact) mass is 384 g/mol. The molecule has 1 aromatic heterocycles. The Labute approximate surface area is 160 Å². The number of amides is 1. The van der Waals surface area contributed by atoms with Gasteiger partial charge in [-0.1, -0.05) is 29.5 Å². The van der Waals surface area contributed by atoms with Crippen molar-refractivity contribution in [1.82, 2.24) is 4.57 Å². The van der Waals surface area contributed by atoms with Crippen molar-refractivity contribution in [2.45, 2.75) is 13.5 Å². The molecular formula is C20H20N2O4S. The first kappa shape index (κ1) is 19.0. The van der Waals surface area contributed by atoms with Crippen LogP contribution in [0.25, 0.3) is 10.2 Å². The van der Waals surface area contributed by atoms with Gasteiger partial charge in [-0.05, 0) is 37.3 Å². The molecule has 1 amide bonds. The van der Waals surface area contributed by atoms with Crippen LogP contribution in [0.5, 0.6) is 0 Å². The Morgan fingerprint density at radius 2 is 1.89 bits per heavy atom. The standard InChI is InChI=1S/C20H20N2O4S/c1-3-26-12-11-22-16-10-9-15(19(24)25-2)13-17(16)27-20(22)21-18(23)14-7-5-4-6-8-14/h4-10,13H,3,11-12H2,1-2H3. The molecule has 27 heavy (non-hydrogen) atoms. The number of thiazole rings is 1. The lowest BCUT2D eigenvalue weighted by Gasteiger charge is -2.06. The molecule has 0 atom stereocenters. The van der Waals surface area contributed by atoms with Crippen molar-refractivity contribution in [2.75, 3.05) is 20.3 Å². The number of fused-ring (bicyclic) bond motifs is 1. The van der Waals surface area contributed by atoms with Gasteiger partial charge in [-0.3, -0.25) is 4.79 Å². The number of hydrogen-bond donors (Lipinski definition) is 0. The topological polar surface area (TPSA) is 69.9 Å². The van der Waals surface area contributed by atoms with Gasteiger partial charge < -0.3 is 14.0 Å². The summed E-state index contributed by atoms with van der Waals surface area (Å²) in [4.78, 5) is 29.2. The zero-order valence-corrected chi connectivity index (χ0v) is 16.0. The van der Waals surface area contributed by atoms with Crippen LogP contribution in [0.3, 0.4) is 0 Å². The molecule has 0 spiro atoms. The van der Waals surface area contributed by atoms with Crippen LogP contribution in [0, 0.1) is 0 Å². The third kappa shape index (κ3) is 4.32. The molecule has 6 nitrogen and oxygen atoms in total. The number of hydrogen-bond acceptors (Lipinski definition) is 5. The van der Waals surface area contributed by atoms with Crippen molar-refractivity contribution < 1.29 is 19.1 Å². The fourth-order valence-corrected chi connectivity index (χ4v) is 3.75. The molecule has 3 rings (SSSR count). The third-order valence-corrected chi connectivity index (χ3v) is 5.03. The number of esters is 1.